The van der Waals surface area contributed by atoms with E-state index in [2.05, 4.69) is 10.4 Å². The van der Waals surface area contributed by atoms with Gasteiger partial charge in [-0.15, -0.1) is 0 Å². The van der Waals surface area contributed by atoms with Crippen molar-refractivity contribution in [3.63, 3.8) is 0 Å². The smallest absolute Gasteiger partial charge is 0.123 e. The molecule has 0 aliphatic rings. The Labute approximate surface area is 100 Å². The molecular formula is C13H16FN3. The zero-order valence-corrected chi connectivity index (χ0v) is 10.2. The Morgan fingerprint density at radius 2 is 2.18 bits per heavy atom. The summed E-state index contributed by atoms with van der Waals surface area (Å²) in [7, 11) is 3.76. The number of nitrogens with zero attached hydrogens (tertiary/aromatic N) is 2. The first-order valence-electron chi connectivity index (χ1n) is 5.54. The number of hydrogen-bond donors (Lipinski definition) is 1. The summed E-state index contributed by atoms with van der Waals surface area (Å²) in [6, 6.07) is 6.61. The first kappa shape index (κ1) is 11.8. The van der Waals surface area contributed by atoms with Crippen LogP contribution < -0.4 is 5.32 Å². The molecular weight excluding hydrogens is 217 g/mol. The van der Waals surface area contributed by atoms with Crippen LogP contribution in [0.5, 0.6) is 0 Å². The molecule has 0 fully saturated rings. The second-order valence-electron chi connectivity index (χ2n) is 4.09. The van der Waals surface area contributed by atoms with E-state index < -0.39 is 0 Å². The maximum absolute atomic E-state index is 13.2. The van der Waals surface area contributed by atoms with Gasteiger partial charge in [-0.2, -0.15) is 5.10 Å². The lowest BCUT2D eigenvalue weighted by molar-refractivity contribution is 0.616. The molecule has 0 aliphatic carbocycles. The van der Waals surface area contributed by atoms with Crippen LogP contribution in [0.1, 0.15) is 22.9 Å². The molecule has 1 heterocycles. The Kier molecular flexibility index (Phi) is 3.24. The molecule has 3 nitrogen and oxygen atoms in total. The lowest BCUT2D eigenvalue weighted by Crippen LogP contribution is -2.18. The molecule has 90 valence electrons. The van der Waals surface area contributed by atoms with E-state index in [-0.39, 0.29) is 11.9 Å². The molecule has 0 aliphatic heterocycles. The highest BCUT2D eigenvalue weighted by Crippen LogP contribution is 2.24. The van der Waals surface area contributed by atoms with Crippen LogP contribution in [0.25, 0.3) is 0 Å². The third-order valence-electron chi connectivity index (χ3n) is 3.05. The summed E-state index contributed by atoms with van der Waals surface area (Å²) >= 11 is 0. The van der Waals surface area contributed by atoms with E-state index >= 15 is 0 Å². The Hall–Kier alpha value is -1.68. The van der Waals surface area contributed by atoms with Gasteiger partial charge in [-0.25, -0.2) is 4.39 Å². The van der Waals surface area contributed by atoms with Crippen molar-refractivity contribution in [2.45, 2.75) is 13.0 Å². The highest BCUT2D eigenvalue weighted by Gasteiger charge is 2.17. The van der Waals surface area contributed by atoms with Crippen molar-refractivity contribution in [3.8, 4) is 0 Å². The normalized spacial score (nSPS) is 12.7. The van der Waals surface area contributed by atoms with Crippen molar-refractivity contribution in [1.82, 2.24) is 15.1 Å². The molecule has 1 N–H and O–H groups in total. The van der Waals surface area contributed by atoms with Crippen LogP contribution in [0, 0.1) is 12.7 Å². The van der Waals surface area contributed by atoms with Crippen molar-refractivity contribution >= 4 is 0 Å². The highest BCUT2D eigenvalue weighted by atomic mass is 19.1. The van der Waals surface area contributed by atoms with Gasteiger partial charge in [-0.3, -0.25) is 4.68 Å². The average Bonchev–Trinajstić information content (AvgIpc) is 2.63. The fraction of sp³-hybridized carbons (Fsp3) is 0.308. The summed E-state index contributed by atoms with van der Waals surface area (Å²) in [4.78, 5) is 0. The summed E-state index contributed by atoms with van der Waals surface area (Å²) in [6.07, 6.45) is 1.82. The van der Waals surface area contributed by atoms with Crippen LogP contribution in [-0.4, -0.2) is 16.8 Å². The minimum Gasteiger partial charge on any atom is -0.309 e. The first-order chi connectivity index (χ1) is 8.13. The number of halogens is 1. The summed E-state index contributed by atoms with van der Waals surface area (Å²) in [5.74, 6) is -0.218. The van der Waals surface area contributed by atoms with Gasteiger partial charge in [-0.05, 0) is 31.7 Å². The lowest BCUT2D eigenvalue weighted by Gasteiger charge is -2.16. The number of nitrogens with one attached hydrogen (secondary N) is 1. The predicted molar refractivity (Wildman–Crippen MR) is 65.2 cm³/mol. The minimum atomic E-state index is -0.218. The number of hydrogen-bond acceptors (Lipinski definition) is 2. The molecule has 2 rings (SSSR count). The molecule has 1 aromatic carbocycles. The van der Waals surface area contributed by atoms with Crippen molar-refractivity contribution in [1.29, 1.82) is 0 Å². The van der Waals surface area contributed by atoms with Gasteiger partial charge in [0.15, 0.2) is 0 Å². The molecule has 4 heteroatoms. The third kappa shape index (κ3) is 2.22. The molecule has 1 aromatic heterocycles. The number of aryl methyl sites for hydroxylation is 1. The number of benzene rings is 1. The van der Waals surface area contributed by atoms with Gasteiger partial charge >= 0.3 is 0 Å². The predicted octanol–water partition coefficient (Wildman–Crippen LogP) is 2.18. The van der Waals surface area contributed by atoms with Crippen LogP contribution in [0.3, 0.4) is 0 Å². The Morgan fingerprint density at radius 3 is 2.71 bits per heavy atom. The van der Waals surface area contributed by atoms with Crippen LogP contribution in [0.2, 0.25) is 0 Å². The number of aromatic nitrogens is 2. The molecule has 0 radical (unpaired) electrons. The van der Waals surface area contributed by atoms with Gasteiger partial charge in [0, 0.05) is 18.3 Å². The molecule has 0 saturated heterocycles. The topological polar surface area (TPSA) is 29.9 Å². The maximum Gasteiger partial charge on any atom is 0.123 e. The van der Waals surface area contributed by atoms with E-state index in [4.69, 9.17) is 0 Å². The zero-order valence-electron chi connectivity index (χ0n) is 10.2. The van der Waals surface area contributed by atoms with Gasteiger partial charge in [0.1, 0.15) is 5.82 Å². The van der Waals surface area contributed by atoms with Gasteiger partial charge in [0.05, 0.1) is 12.2 Å². The van der Waals surface area contributed by atoms with Crippen LogP contribution >= 0.6 is 0 Å². The molecule has 2 aromatic rings. The highest BCUT2D eigenvalue weighted by molar-refractivity contribution is 5.33. The Bertz CT molecular complexity index is 519. The van der Waals surface area contributed by atoms with Gasteiger partial charge < -0.3 is 5.32 Å². The second kappa shape index (κ2) is 4.67. The zero-order chi connectivity index (χ0) is 12.4. The fourth-order valence-electron chi connectivity index (χ4n) is 1.99. The largest absolute Gasteiger partial charge is 0.309 e. The van der Waals surface area contributed by atoms with E-state index in [0.29, 0.717) is 0 Å². The van der Waals surface area contributed by atoms with E-state index in [0.717, 1.165) is 16.8 Å². The SMILES string of the molecule is CNC(c1cccc(F)c1)c1cnn(C)c1C. The van der Waals surface area contributed by atoms with Crippen LogP contribution in [0.4, 0.5) is 4.39 Å². The molecule has 0 saturated carbocycles. The van der Waals surface area contributed by atoms with Gasteiger partial charge in [0.25, 0.3) is 0 Å². The second-order valence-corrected chi connectivity index (χ2v) is 4.09. The number of rotatable bonds is 3. The Morgan fingerprint density at radius 1 is 1.41 bits per heavy atom. The van der Waals surface area contributed by atoms with Crippen molar-refractivity contribution in [2.24, 2.45) is 7.05 Å². The lowest BCUT2D eigenvalue weighted by atomic mass is 9.99. The van der Waals surface area contributed by atoms with Gasteiger partial charge in [-0.1, -0.05) is 12.1 Å². The van der Waals surface area contributed by atoms with E-state index in [1.54, 1.807) is 12.1 Å². The molecule has 0 spiro atoms. The Balaban J connectivity index is 2.44. The summed E-state index contributed by atoms with van der Waals surface area (Å²) in [5, 5.41) is 7.41. The molecule has 17 heavy (non-hydrogen) atoms. The molecule has 0 amide bonds. The molecule has 0 bridgehead atoms. The monoisotopic (exact) mass is 233 g/mol. The van der Waals surface area contributed by atoms with Crippen LogP contribution in [0.15, 0.2) is 30.5 Å². The average molecular weight is 233 g/mol. The summed E-state index contributed by atoms with van der Waals surface area (Å²) in [5.41, 5.74) is 3.05. The van der Waals surface area contributed by atoms with Crippen molar-refractivity contribution in [3.05, 3.63) is 53.1 Å². The minimum absolute atomic E-state index is 0.0283. The van der Waals surface area contributed by atoms with Gasteiger partial charge in [0.2, 0.25) is 0 Å². The van der Waals surface area contributed by atoms with E-state index in [9.17, 15) is 4.39 Å². The van der Waals surface area contributed by atoms with Crippen molar-refractivity contribution < 1.29 is 4.39 Å². The third-order valence-corrected chi connectivity index (χ3v) is 3.05. The van der Waals surface area contributed by atoms with Crippen LogP contribution in [-0.2, 0) is 7.05 Å². The molecule has 1 unspecified atom stereocenters. The first-order valence-corrected chi connectivity index (χ1v) is 5.54. The maximum atomic E-state index is 13.2. The summed E-state index contributed by atoms with van der Waals surface area (Å²) in [6.45, 7) is 2.01. The fourth-order valence-corrected chi connectivity index (χ4v) is 1.99. The standard InChI is InChI=1S/C13H16FN3/c1-9-12(8-16-17(9)3)13(15-2)10-5-4-6-11(14)7-10/h4-8,13,15H,1-3H3. The summed E-state index contributed by atoms with van der Waals surface area (Å²) < 4.78 is 15.1. The van der Waals surface area contributed by atoms with E-state index in [1.807, 2.05) is 38.0 Å². The van der Waals surface area contributed by atoms with E-state index in [1.165, 1.54) is 6.07 Å². The quantitative estimate of drug-likeness (QED) is 0.880. The molecule has 1 atom stereocenters. The van der Waals surface area contributed by atoms with Crippen molar-refractivity contribution in [2.75, 3.05) is 7.05 Å².